The molecule has 1 aliphatic heterocycles. The Morgan fingerprint density at radius 2 is 1.52 bits per heavy atom. The van der Waals surface area contributed by atoms with Crippen LogP contribution >= 0.6 is 0 Å². The molecule has 0 unspecified atom stereocenters. The van der Waals surface area contributed by atoms with Gasteiger partial charge >= 0.3 is 0 Å². The van der Waals surface area contributed by atoms with Crippen LogP contribution in [-0.2, 0) is 10.0 Å². The minimum Gasteiger partial charge on any atom is -0.369 e. The molecular weight excluding hydrogens is 358 g/mol. The van der Waals surface area contributed by atoms with E-state index in [2.05, 4.69) is 35.3 Å². The van der Waals surface area contributed by atoms with Crippen LogP contribution in [0, 0.1) is 0 Å². The Labute approximate surface area is 163 Å². The summed E-state index contributed by atoms with van der Waals surface area (Å²) in [7, 11) is -3.57. The third-order valence-corrected chi connectivity index (χ3v) is 6.56. The smallest absolute Gasteiger partial charge is 0.261 e. The zero-order chi connectivity index (χ0) is 19.4. The van der Waals surface area contributed by atoms with Crippen LogP contribution in [0.25, 0.3) is 0 Å². The molecule has 1 heterocycles. The van der Waals surface area contributed by atoms with Crippen LogP contribution in [-0.4, -0.2) is 46.0 Å². The number of sulfonamides is 1. The zero-order valence-electron chi connectivity index (χ0n) is 16.4. The second-order valence-electron chi connectivity index (χ2n) is 7.30. The van der Waals surface area contributed by atoms with Gasteiger partial charge in [-0.2, -0.15) is 0 Å². The van der Waals surface area contributed by atoms with Gasteiger partial charge < -0.3 is 9.80 Å². The Bertz CT molecular complexity index is 838. The summed E-state index contributed by atoms with van der Waals surface area (Å²) in [5.41, 5.74) is 2.84. The van der Waals surface area contributed by atoms with Gasteiger partial charge in [-0.1, -0.05) is 32.9 Å². The molecule has 0 atom stereocenters. The number of nitrogens with zero attached hydrogens (tertiary/aromatic N) is 2. The van der Waals surface area contributed by atoms with Crippen molar-refractivity contribution in [3.05, 3.63) is 54.1 Å². The topological polar surface area (TPSA) is 52.6 Å². The minimum absolute atomic E-state index is 0.284. The number of hydrogen-bond donors (Lipinski definition) is 1. The van der Waals surface area contributed by atoms with Gasteiger partial charge in [-0.3, -0.25) is 4.72 Å². The van der Waals surface area contributed by atoms with Gasteiger partial charge in [0.05, 0.1) is 4.90 Å². The lowest BCUT2D eigenvalue weighted by Gasteiger charge is -2.35. The van der Waals surface area contributed by atoms with Crippen molar-refractivity contribution in [1.82, 2.24) is 4.90 Å². The van der Waals surface area contributed by atoms with Crippen molar-refractivity contribution in [3.8, 4) is 0 Å². The molecule has 2 aromatic rings. The number of piperazine rings is 1. The van der Waals surface area contributed by atoms with E-state index in [0.717, 1.165) is 44.0 Å². The fourth-order valence-corrected chi connectivity index (χ4v) is 4.37. The lowest BCUT2D eigenvalue weighted by molar-refractivity contribution is 0.271. The maximum atomic E-state index is 12.6. The lowest BCUT2D eigenvalue weighted by atomic mass is 10.0. The van der Waals surface area contributed by atoms with E-state index in [-0.39, 0.29) is 4.90 Å². The van der Waals surface area contributed by atoms with E-state index in [9.17, 15) is 8.42 Å². The fraction of sp³-hybridized carbons (Fsp3) is 0.429. The number of nitrogens with one attached hydrogen (secondary N) is 1. The number of rotatable bonds is 6. The van der Waals surface area contributed by atoms with Crippen LogP contribution in [0.2, 0.25) is 0 Å². The first-order valence-corrected chi connectivity index (χ1v) is 11.1. The SMILES string of the molecule is CCN1CCN(c2ccc(NS(=O)(=O)c3ccc(C(C)C)cc3)cc2)CC1. The third kappa shape index (κ3) is 4.82. The molecule has 0 saturated carbocycles. The van der Waals surface area contributed by atoms with Crippen LogP contribution in [0.3, 0.4) is 0 Å². The summed E-state index contributed by atoms with van der Waals surface area (Å²) < 4.78 is 27.9. The number of benzene rings is 2. The van der Waals surface area contributed by atoms with E-state index in [1.807, 2.05) is 36.4 Å². The van der Waals surface area contributed by atoms with Gasteiger partial charge in [0.1, 0.15) is 0 Å². The molecule has 0 radical (unpaired) electrons. The number of hydrogen-bond acceptors (Lipinski definition) is 4. The van der Waals surface area contributed by atoms with E-state index in [0.29, 0.717) is 11.6 Å². The molecule has 0 aromatic heterocycles. The molecule has 1 N–H and O–H groups in total. The zero-order valence-corrected chi connectivity index (χ0v) is 17.2. The van der Waals surface area contributed by atoms with Gasteiger partial charge in [0.25, 0.3) is 10.0 Å². The largest absolute Gasteiger partial charge is 0.369 e. The maximum Gasteiger partial charge on any atom is 0.261 e. The lowest BCUT2D eigenvalue weighted by Crippen LogP contribution is -2.46. The van der Waals surface area contributed by atoms with E-state index < -0.39 is 10.0 Å². The summed E-state index contributed by atoms with van der Waals surface area (Å²) in [5, 5.41) is 0. The predicted octanol–water partition coefficient (Wildman–Crippen LogP) is 3.75. The molecule has 3 rings (SSSR count). The molecule has 146 valence electrons. The molecule has 1 fully saturated rings. The standard InChI is InChI=1S/C21H29N3O2S/c1-4-23-13-15-24(16-14-23)20-9-7-19(8-10-20)22-27(25,26)21-11-5-18(6-12-21)17(2)3/h5-12,17,22H,4,13-16H2,1-3H3. The summed E-state index contributed by atoms with van der Waals surface area (Å²) in [6.45, 7) is 11.6. The van der Waals surface area contributed by atoms with Crippen molar-refractivity contribution in [2.75, 3.05) is 42.3 Å². The quantitative estimate of drug-likeness (QED) is 0.820. The average molecular weight is 388 g/mol. The van der Waals surface area contributed by atoms with Crippen molar-refractivity contribution in [2.45, 2.75) is 31.6 Å². The Balaban J connectivity index is 1.66. The van der Waals surface area contributed by atoms with Gasteiger partial charge in [0.15, 0.2) is 0 Å². The molecule has 5 nitrogen and oxygen atoms in total. The summed E-state index contributed by atoms with van der Waals surface area (Å²) in [6.07, 6.45) is 0. The molecule has 0 spiro atoms. The van der Waals surface area contributed by atoms with Crippen molar-refractivity contribution in [3.63, 3.8) is 0 Å². The van der Waals surface area contributed by atoms with Gasteiger partial charge in [0, 0.05) is 37.6 Å². The van der Waals surface area contributed by atoms with Crippen molar-refractivity contribution in [1.29, 1.82) is 0 Å². The minimum atomic E-state index is -3.57. The highest BCUT2D eigenvalue weighted by atomic mass is 32.2. The normalized spacial score (nSPS) is 15.9. The molecule has 2 aromatic carbocycles. The first-order chi connectivity index (χ1) is 12.9. The Morgan fingerprint density at radius 3 is 2.04 bits per heavy atom. The summed E-state index contributed by atoms with van der Waals surface area (Å²) in [5.74, 6) is 0.376. The summed E-state index contributed by atoms with van der Waals surface area (Å²) in [4.78, 5) is 5.06. The highest BCUT2D eigenvalue weighted by molar-refractivity contribution is 7.92. The van der Waals surface area contributed by atoms with Crippen LogP contribution < -0.4 is 9.62 Å². The molecule has 1 aliphatic rings. The monoisotopic (exact) mass is 387 g/mol. The molecule has 0 aliphatic carbocycles. The van der Waals surface area contributed by atoms with E-state index in [4.69, 9.17) is 0 Å². The average Bonchev–Trinajstić information content (AvgIpc) is 2.68. The molecular formula is C21H29N3O2S. The predicted molar refractivity (Wildman–Crippen MR) is 112 cm³/mol. The van der Waals surface area contributed by atoms with Gasteiger partial charge in [-0.15, -0.1) is 0 Å². The molecule has 1 saturated heterocycles. The van der Waals surface area contributed by atoms with Crippen molar-refractivity contribution >= 4 is 21.4 Å². The van der Waals surface area contributed by atoms with Crippen molar-refractivity contribution in [2.24, 2.45) is 0 Å². The summed E-state index contributed by atoms with van der Waals surface area (Å²) >= 11 is 0. The van der Waals surface area contributed by atoms with E-state index in [1.54, 1.807) is 12.1 Å². The number of likely N-dealkylation sites (N-methyl/N-ethyl adjacent to an activating group) is 1. The van der Waals surface area contributed by atoms with Gasteiger partial charge in [-0.05, 0) is 54.4 Å². The van der Waals surface area contributed by atoms with Crippen LogP contribution in [0.5, 0.6) is 0 Å². The van der Waals surface area contributed by atoms with Gasteiger partial charge in [0.2, 0.25) is 0 Å². The highest BCUT2D eigenvalue weighted by Gasteiger charge is 2.17. The van der Waals surface area contributed by atoms with E-state index in [1.165, 1.54) is 0 Å². The number of anilines is 2. The highest BCUT2D eigenvalue weighted by Crippen LogP contribution is 2.23. The van der Waals surface area contributed by atoms with Crippen LogP contribution in [0.1, 0.15) is 32.3 Å². The molecule has 0 bridgehead atoms. The van der Waals surface area contributed by atoms with Crippen LogP contribution in [0.15, 0.2) is 53.4 Å². The van der Waals surface area contributed by atoms with E-state index >= 15 is 0 Å². The molecule has 0 amide bonds. The molecule has 6 heteroatoms. The first-order valence-electron chi connectivity index (χ1n) is 9.59. The second kappa shape index (κ2) is 8.31. The second-order valence-corrected chi connectivity index (χ2v) is 8.98. The maximum absolute atomic E-state index is 12.6. The third-order valence-electron chi connectivity index (χ3n) is 5.16. The molecule has 27 heavy (non-hydrogen) atoms. The van der Waals surface area contributed by atoms with Crippen LogP contribution in [0.4, 0.5) is 11.4 Å². The van der Waals surface area contributed by atoms with Gasteiger partial charge in [-0.25, -0.2) is 8.42 Å². The fourth-order valence-electron chi connectivity index (χ4n) is 3.31. The van der Waals surface area contributed by atoms with Crippen molar-refractivity contribution < 1.29 is 8.42 Å². The first kappa shape index (κ1) is 19.7. The Hall–Kier alpha value is -2.05. The Morgan fingerprint density at radius 1 is 0.926 bits per heavy atom. The Kier molecular flexibility index (Phi) is 6.07. The summed E-state index contributed by atoms with van der Waals surface area (Å²) in [6, 6.07) is 14.7.